The van der Waals surface area contributed by atoms with Crippen LogP contribution in [0.1, 0.15) is 27.2 Å². The molecule has 0 N–H and O–H groups in total. The number of rotatable bonds is 4. The van der Waals surface area contributed by atoms with Crippen molar-refractivity contribution < 1.29 is 17.6 Å². The van der Waals surface area contributed by atoms with Gasteiger partial charge in [0.25, 0.3) is 0 Å². The second kappa shape index (κ2) is 5.18. The van der Waals surface area contributed by atoms with Gasteiger partial charge in [-0.1, -0.05) is 20.8 Å². The third kappa shape index (κ3) is 4.56. The smallest absolute Gasteiger partial charge is 0.185 e. The van der Waals surface area contributed by atoms with Crippen LogP contribution in [-0.4, -0.2) is 20.0 Å². The third-order valence-electron chi connectivity index (χ3n) is 2.25. The first-order valence-electron chi connectivity index (χ1n) is 5.60. The molecule has 0 saturated carbocycles. The topological polar surface area (TPSA) is 51.2 Å². The van der Waals surface area contributed by atoms with E-state index in [0.29, 0.717) is 0 Å². The number of sulfone groups is 1. The molecule has 0 atom stereocenters. The summed E-state index contributed by atoms with van der Waals surface area (Å²) in [5.41, 5.74) is -0.241. The Hall–Kier alpha value is -1.23. The largest absolute Gasteiger partial charge is 0.299 e. The van der Waals surface area contributed by atoms with E-state index < -0.39 is 21.4 Å². The zero-order valence-electron chi connectivity index (χ0n) is 10.7. The van der Waals surface area contributed by atoms with Gasteiger partial charge >= 0.3 is 0 Å². The molecule has 0 aliphatic carbocycles. The second-order valence-corrected chi connectivity index (χ2v) is 7.48. The molecule has 100 valence electrons. The van der Waals surface area contributed by atoms with Crippen molar-refractivity contribution in [3.05, 3.63) is 30.1 Å². The molecule has 0 aliphatic rings. The van der Waals surface area contributed by atoms with Crippen molar-refractivity contribution in [2.45, 2.75) is 32.1 Å². The summed E-state index contributed by atoms with van der Waals surface area (Å²) >= 11 is 0. The lowest BCUT2D eigenvalue weighted by molar-refractivity contribution is -0.118. The lowest BCUT2D eigenvalue weighted by atomic mass is 9.90. The lowest BCUT2D eigenvalue weighted by Crippen LogP contribution is -2.21. The number of Topliss-reactive ketones (excluding diaryl/α,β-unsaturated/α-hetero) is 1. The highest BCUT2D eigenvalue weighted by Gasteiger charge is 2.23. The van der Waals surface area contributed by atoms with Crippen molar-refractivity contribution in [3.8, 4) is 0 Å². The van der Waals surface area contributed by atoms with Crippen LogP contribution in [0, 0.1) is 11.2 Å². The number of benzene rings is 1. The van der Waals surface area contributed by atoms with Crippen LogP contribution in [-0.2, 0) is 14.6 Å². The van der Waals surface area contributed by atoms with E-state index in [1.165, 1.54) is 12.1 Å². The summed E-state index contributed by atoms with van der Waals surface area (Å²) in [4.78, 5) is 11.6. The average Bonchev–Trinajstić information content (AvgIpc) is 2.13. The maximum Gasteiger partial charge on any atom is 0.185 e. The molecule has 5 heteroatoms. The first kappa shape index (κ1) is 14.8. The van der Waals surface area contributed by atoms with Gasteiger partial charge in [-0.15, -0.1) is 0 Å². The van der Waals surface area contributed by atoms with Gasteiger partial charge in [0.1, 0.15) is 17.4 Å². The molecule has 1 aromatic carbocycles. The highest BCUT2D eigenvalue weighted by molar-refractivity contribution is 7.92. The predicted molar refractivity (Wildman–Crippen MR) is 67.5 cm³/mol. The molecule has 0 aromatic heterocycles. The van der Waals surface area contributed by atoms with Crippen molar-refractivity contribution >= 4 is 15.6 Å². The number of carbonyl (C=O) groups is 1. The van der Waals surface area contributed by atoms with Crippen LogP contribution in [0.25, 0.3) is 0 Å². The molecule has 0 saturated heterocycles. The minimum Gasteiger partial charge on any atom is -0.299 e. The van der Waals surface area contributed by atoms with E-state index in [2.05, 4.69) is 0 Å². The van der Waals surface area contributed by atoms with E-state index >= 15 is 0 Å². The molecule has 0 fully saturated rings. The quantitative estimate of drug-likeness (QED) is 0.792. The van der Waals surface area contributed by atoms with Gasteiger partial charge in [0, 0.05) is 6.42 Å². The van der Waals surface area contributed by atoms with Gasteiger partial charge in [-0.2, -0.15) is 0 Å². The highest BCUT2D eigenvalue weighted by atomic mass is 32.2. The molecule has 18 heavy (non-hydrogen) atoms. The van der Waals surface area contributed by atoms with Crippen molar-refractivity contribution in [1.29, 1.82) is 0 Å². The fraction of sp³-hybridized carbons (Fsp3) is 0.462. The minimum absolute atomic E-state index is 0.0221. The molecule has 0 bridgehead atoms. The van der Waals surface area contributed by atoms with E-state index in [1.54, 1.807) is 0 Å². The van der Waals surface area contributed by atoms with Gasteiger partial charge < -0.3 is 0 Å². The van der Waals surface area contributed by atoms with Gasteiger partial charge in [-0.05, 0) is 29.7 Å². The molecule has 0 spiro atoms. The zero-order chi connectivity index (χ0) is 14.0. The van der Waals surface area contributed by atoms with E-state index in [1.807, 2.05) is 20.8 Å². The third-order valence-corrected chi connectivity index (χ3v) is 3.94. The molecule has 1 aromatic rings. The number of hydrogen-bond donors (Lipinski definition) is 0. The Morgan fingerprint density at radius 2 is 1.67 bits per heavy atom. The summed E-state index contributed by atoms with van der Waals surface area (Å²) in [6.07, 6.45) is 0.202. The highest BCUT2D eigenvalue weighted by Crippen LogP contribution is 2.20. The van der Waals surface area contributed by atoms with Crippen molar-refractivity contribution in [3.63, 3.8) is 0 Å². The monoisotopic (exact) mass is 272 g/mol. The van der Waals surface area contributed by atoms with Gasteiger partial charge in [0.15, 0.2) is 9.84 Å². The maximum atomic E-state index is 12.7. The minimum atomic E-state index is -3.66. The first-order chi connectivity index (χ1) is 8.10. The SMILES string of the molecule is CC(C)(C)CC(=O)CS(=O)(=O)c1ccc(F)cc1. The number of ketones is 1. The second-order valence-electron chi connectivity index (χ2n) is 5.49. The lowest BCUT2D eigenvalue weighted by Gasteiger charge is -2.16. The molecule has 0 radical (unpaired) electrons. The maximum absolute atomic E-state index is 12.7. The Morgan fingerprint density at radius 1 is 1.17 bits per heavy atom. The summed E-state index contributed by atoms with van der Waals surface area (Å²) in [7, 11) is -3.66. The van der Waals surface area contributed by atoms with Crippen LogP contribution in [0.3, 0.4) is 0 Å². The Labute approximate surface area is 107 Å². The number of carbonyl (C=O) groups excluding carboxylic acids is 1. The Morgan fingerprint density at radius 3 is 2.11 bits per heavy atom. The van der Waals surface area contributed by atoms with Crippen LogP contribution in [0.2, 0.25) is 0 Å². The van der Waals surface area contributed by atoms with Crippen LogP contribution in [0.4, 0.5) is 4.39 Å². The van der Waals surface area contributed by atoms with Crippen LogP contribution < -0.4 is 0 Å². The number of hydrogen-bond acceptors (Lipinski definition) is 3. The average molecular weight is 272 g/mol. The summed E-state index contributed by atoms with van der Waals surface area (Å²) < 4.78 is 36.5. The van der Waals surface area contributed by atoms with E-state index in [-0.39, 0.29) is 22.5 Å². The summed E-state index contributed by atoms with van der Waals surface area (Å²) in [5, 5.41) is 0. The molecule has 1 rings (SSSR count). The van der Waals surface area contributed by atoms with Crippen molar-refractivity contribution in [2.75, 3.05) is 5.75 Å². The zero-order valence-corrected chi connectivity index (χ0v) is 11.6. The van der Waals surface area contributed by atoms with Crippen LogP contribution >= 0.6 is 0 Å². The van der Waals surface area contributed by atoms with Crippen LogP contribution in [0.15, 0.2) is 29.2 Å². The van der Waals surface area contributed by atoms with Gasteiger partial charge in [-0.25, -0.2) is 12.8 Å². The fourth-order valence-corrected chi connectivity index (χ4v) is 2.82. The van der Waals surface area contributed by atoms with Gasteiger partial charge in [0.05, 0.1) is 4.90 Å². The van der Waals surface area contributed by atoms with Gasteiger partial charge in [-0.3, -0.25) is 4.79 Å². The van der Waals surface area contributed by atoms with Gasteiger partial charge in [0.2, 0.25) is 0 Å². The molecular weight excluding hydrogens is 255 g/mol. The molecule has 0 amide bonds. The summed E-state index contributed by atoms with van der Waals surface area (Å²) in [5.74, 6) is -1.36. The fourth-order valence-electron chi connectivity index (χ4n) is 1.58. The van der Waals surface area contributed by atoms with E-state index in [4.69, 9.17) is 0 Å². The van der Waals surface area contributed by atoms with Crippen molar-refractivity contribution in [1.82, 2.24) is 0 Å². The normalized spacial score (nSPS) is 12.4. The Balaban J connectivity index is 2.83. The molecule has 0 unspecified atom stereocenters. The summed E-state index contributed by atoms with van der Waals surface area (Å²) in [6, 6.07) is 4.49. The number of halogens is 1. The molecule has 3 nitrogen and oxygen atoms in total. The summed E-state index contributed by atoms with van der Waals surface area (Å²) in [6.45, 7) is 5.61. The molecule has 0 heterocycles. The Kier molecular flexibility index (Phi) is 4.27. The van der Waals surface area contributed by atoms with Crippen LogP contribution in [0.5, 0.6) is 0 Å². The Bertz CT molecular complexity index is 524. The first-order valence-corrected chi connectivity index (χ1v) is 7.25. The van der Waals surface area contributed by atoms with E-state index in [0.717, 1.165) is 12.1 Å². The molecule has 0 aliphatic heterocycles. The molecular formula is C13H17FO3S. The standard InChI is InChI=1S/C13H17FO3S/c1-13(2,3)8-11(15)9-18(16,17)12-6-4-10(14)5-7-12/h4-7H,8-9H2,1-3H3. The van der Waals surface area contributed by atoms with E-state index in [9.17, 15) is 17.6 Å². The predicted octanol–water partition coefficient (Wildman–Crippen LogP) is 2.60. The van der Waals surface area contributed by atoms with Crippen molar-refractivity contribution in [2.24, 2.45) is 5.41 Å².